The SMILES string of the molecule is CCCCCCCC(=O)ON(CC1CN(c2ccc(N3CCOCC3)cc2F)C(=O)O1)C(=O)CCCCCCC. The van der Waals surface area contributed by atoms with Gasteiger partial charge in [-0.3, -0.25) is 9.69 Å². The summed E-state index contributed by atoms with van der Waals surface area (Å²) in [5.41, 5.74) is 0.841. The van der Waals surface area contributed by atoms with E-state index >= 15 is 4.39 Å². The van der Waals surface area contributed by atoms with Crippen LogP contribution in [0.25, 0.3) is 0 Å². The van der Waals surface area contributed by atoms with Crippen LogP contribution in [0.1, 0.15) is 90.9 Å². The van der Waals surface area contributed by atoms with Gasteiger partial charge >= 0.3 is 12.1 Å². The summed E-state index contributed by atoms with van der Waals surface area (Å²) in [6.45, 7) is 6.73. The molecule has 0 saturated carbocycles. The van der Waals surface area contributed by atoms with Crippen molar-refractivity contribution in [3.05, 3.63) is 24.0 Å². The first-order chi connectivity index (χ1) is 19.4. The summed E-state index contributed by atoms with van der Waals surface area (Å²) >= 11 is 0. The quantitative estimate of drug-likeness (QED) is 0.180. The summed E-state index contributed by atoms with van der Waals surface area (Å²) in [6.07, 6.45) is 8.82. The van der Waals surface area contributed by atoms with Crippen molar-refractivity contribution in [2.75, 3.05) is 49.2 Å². The topological polar surface area (TPSA) is 88.6 Å². The van der Waals surface area contributed by atoms with Gasteiger partial charge < -0.3 is 19.2 Å². The summed E-state index contributed by atoms with van der Waals surface area (Å²) in [4.78, 5) is 47.0. The first-order valence-corrected chi connectivity index (χ1v) is 15.0. The number of nitrogens with zero attached hydrogens (tertiary/aromatic N) is 3. The number of carbonyl (C=O) groups excluding carboxylic acids is 3. The van der Waals surface area contributed by atoms with Gasteiger partial charge in [-0.05, 0) is 31.0 Å². The van der Waals surface area contributed by atoms with E-state index in [1.54, 1.807) is 12.1 Å². The fourth-order valence-corrected chi connectivity index (χ4v) is 4.97. The van der Waals surface area contributed by atoms with Crippen LogP contribution in [-0.2, 0) is 23.9 Å². The van der Waals surface area contributed by atoms with Crippen LogP contribution >= 0.6 is 0 Å². The van der Waals surface area contributed by atoms with Crippen LogP contribution in [0.2, 0.25) is 0 Å². The van der Waals surface area contributed by atoms with E-state index in [9.17, 15) is 14.4 Å². The fraction of sp³-hybridized carbons (Fsp3) is 0.700. The van der Waals surface area contributed by atoms with E-state index in [4.69, 9.17) is 14.3 Å². The molecule has 2 heterocycles. The Morgan fingerprint density at radius 2 is 1.62 bits per heavy atom. The molecule has 3 rings (SSSR count). The Balaban J connectivity index is 1.60. The van der Waals surface area contributed by atoms with Gasteiger partial charge in [0, 0.05) is 31.6 Å². The van der Waals surface area contributed by atoms with Gasteiger partial charge in [-0.2, -0.15) is 5.06 Å². The molecule has 2 aliphatic rings. The van der Waals surface area contributed by atoms with Crippen LogP contribution in [0.4, 0.5) is 20.6 Å². The number of anilines is 2. The Morgan fingerprint density at radius 1 is 0.975 bits per heavy atom. The van der Waals surface area contributed by atoms with Gasteiger partial charge in [0.25, 0.3) is 5.91 Å². The molecular weight excluding hydrogens is 517 g/mol. The lowest BCUT2D eigenvalue weighted by atomic mass is 10.1. The highest BCUT2D eigenvalue weighted by molar-refractivity contribution is 5.90. The third kappa shape index (κ3) is 9.94. The molecule has 9 nitrogen and oxygen atoms in total. The number of hydrogen-bond acceptors (Lipinski definition) is 7. The molecule has 2 fully saturated rings. The van der Waals surface area contributed by atoms with E-state index < -0.39 is 24.0 Å². The van der Waals surface area contributed by atoms with Crippen molar-refractivity contribution in [3.8, 4) is 0 Å². The number of rotatable bonds is 16. The van der Waals surface area contributed by atoms with E-state index in [1.807, 2.05) is 4.90 Å². The first-order valence-electron chi connectivity index (χ1n) is 15.0. The maximum atomic E-state index is 15.1. The lowest BCUT2D eigenvalue weighted by Crippen LogP contribution is -2.40. The van der Waals surface area contributed by atoms with E-state index in [0.717, 1.165) is 62.1 Å². The summed E-state index contributed by atoms with van der Waals surface area (Å²) < 4.78 is 25.9. The number of benzene rings is 1. The number of cyclic esters (lactones) is 1. The molecule has 40 heavy (non-hydrogen) atoms. The van der Waals surface area contributed by atoms with Crippen LogP contribution in [-0.4, -0.2) is 68.5 Å². The minimum atomic E-state index is -0.757. The molecule has 10 heteroatoms. The number of morpholine rings is 1. The van der Waals surface area contributed by atoms with Gasteiger partial charge in [-0.15, -0.1) is 0 Å². The molecule has 1 aromatic carbocycles. The number of ether oxygens (including phenoxy) is 2. The molecule has 1 aromatic rings. The molecular formula is C30H46FN3O6. The highest BCUT2D eigenvalue weighted by atomic mass is 19.1. The molecule has 0 bridgehead atoms. The summed E-state index contributed by atoms with van der Waals surface area (Å²) in [5, 5.41) is 1.05. The van der Waals surface area contributed by atoms with Crippen molar-refractivity contribution >= 4 is 29.3 Å². The molecule has 0 spiro atoms. The van der Waals surface area contributed by atoms with Gasteiger partial charge in [0.1, 0.15) is 11.9 Å². The molecule has 2 aliphatic heterocycles. The second-order valence-corrected chi connectivity index (χ2v) is 10.6. The van der Waals surface area contributed by atoms with Crippen LogP contribution in [0.5, 0.6) is 0 Å². The number of hydroxylamine groups is 2. The molecule has 0 aromatic heterocycles. The van der Waals surface area contributed by atoms with Gasteiger partial charge in [0.15, 0.2) is 0 Å². The summed E-state index contributed by atoms with van der Waals surface area (Å²) in [6, 6.07) is 4.76. The number of carbonyl (C=O) groups is 3. The maximum Gasteiger partial charge on any atom is 0.414 e. The second-order valence-electron chi connectivity index (χ2n) is 10.6. The smallest absolute Gasteiger partial charge is 0.414 e. The number of hydrogen-bond donors (Lipinski definition) is 0. The normalized spacial score (nSPS) is 17.2. The average molecular weight is 564 g/mol. The molecule has 2 amide bonds. The van der Waals surface area contributed by atoms with Crippen LogP contribution in [0, 0.1) is 5.82 Å². The molecule has 224 valence electrons. The largest absolute Gasteiger partial charge is 0.442 e. The number of amides is 2. The highest BCUT2D eigenvalue weighted by Crippen LogP contribution is 2.29. The van der Waals surface area contributed by atoms with Crippen molar-refractivity contribution < 1.29 is 33.1 Å². The third-order valence-corrected chi connectivity index (χ3v) is 7.31. The van der Waals surface area contributed by atoms with Gasteiger partial charge in [0.05, 0.1) is 32.0 Å². The average Bonchev–Trinajstić information content (AvgIpc) is 3.32. The van der Waals surface area contributed by atoms with Crippen molar-refractivity contribution in [2.24, 2.45) is 0 Å². The Bertz CT molecular complexity index is 955. The molecule has 0 N–H and O–H groups in total. The van der Waals surface area contributed by atoms with Crippen molar-refractivity contribution in [2.45, 2.75) is 97.0 Å². The van der Waals surface area contributed by atoms with Crippen molar-refractivity contribution in [1.29, 1.82) is 0 Å². The minimum Gasteiger partial charge on any atom is -0.442 e. The zero-order valence-corrected chi connectivity index (χ0v) is 24.2. The van der Waals surface area contributed by atoms with Crippen LogP contribution < -0.4 is 9.80 Å². The van der Waals surface area contributed by atoms with E-state index in [0.29, 0.717) is 39.1 Å². The molecule has 0 aliphatic carbocycles. The Morgan fingerprint density at radius 3 is 2.27 bits per heavy atom. The van der Waals surface area contributed by atoms with E-state index in [1.165, 1.54) is 11.0 Å². The van der Waals surface area contributed by atoms with E-state index in [2.05, 4.69) is 13.8 Å². The molecule has 1 unspecified atom stereocenters. The van der Waals surface area contributed by atoms with Crippen molar-refractivity contribution in [1.82, 2.24) is 5.06 Å². The number of halogens is 1. The Labute approximate surface area is 237 Å². The molecule has 2 saturated heterocycles. The monoisotopic (exact) mass is 563 g/mol. The lowest BCUT2D eigenvalue weighted by molar-refractivity contribution is -0.202. The zero-order valence-electron chi connectivity index (χ0n) is 24.2. The minimum absolute atomic E-state index is 0.0432. The second kappa shape index (κ2) is 17.0. The van der Waals surface area contributed by atoms with Crippen LogP contribution in [0.3, 0.4) is 0 Å². The highest BCUT2D eigenvalue weighted by Gasteiger charge is 2.37. The number of unbranched alkanes of at least 4 members (excludes halogenated alkanes) is 8. The molecule has 0 radical (unpaired) electrons. The van der Waals surface area contributed by atoms with Crippen LogP contribution in [0.15, 0.2) is 18.2 Å². The summed E-state index contributed by atoms with van der Waals surface area (Å²) in [5.74, 6) is -1.32. The van der Waals surface area contributed by atoms with Gasteiger partial charge in [-0.25, -0.2) is 14.0 Å². The standard InChI is InChI=1S/C30H46FN3O6/c1-3-5-7-9-11-13-28(35)34(40-29(36)14-12-10-8-6-4-2)23-25-22-33(30(37)39-25)27-16-15-24(21-26(27)31)32-17-19-38-20-18-32/h15-16,21,25H,3-14,17-20,22-23H2,1-2H3. The third-order valence-electron chi connectivity index (χ3n) is 7.31. The molecule has 1 atom stereocenters. The van der Waals surface area contributed by atoms with Crippen molar-refractivity contribution in [3.63, 3.8) is 0 Å². The Kier molecular flexibility index (Phi) is 13.5. The predicted octanol–water partition coefficient (Wildman–Crippen LogP) is 6.00. The zero-order chi connectivity index (χ0) is 28.7. The van der Waals surface area contributed by atoms with E-state index in [-0.39, 0.29) is 37.5 Å². The first kappa shape index (κ1) is 31.6. The maximum absolute atomic E-state index is 15.1. The fourth-order valence-electron chi connectivity index (χ4n) is 4.97. The van der Waals surface area contributed by atoms with Gasteiger partial charge in [0.2, 0.25) is 0 Å². The Hall–Kier alpha value is -2.88. The lowest BCUT2D eigenvalue weighted by Gasteiger charge is -2.29. The summed E-state index contributed by atoms with van der Waals surface area (Å²) in [7, 11) is 0. The van der Waals surface area contributed by atoms with Gasteiger partial charge in [-0.1, -0.05) is 65.2 Å². The predicted molar refractivity (Wildman–Crippen MR) is 152 cm³/mol.